The molecule has 27 heavy (non-hydrogen) atoms. The molecule has 1 N–H and O–H groups in total. The third-order valence-electron chi connectivity index (χ3n) is 3.99. The highest BCUT2D eigenvalue weighted by Crippen LogP contribution is 2.34. The molecule has 3 aromatic carbocycles. The molecule has 0 bridgehead atoms. The van der Waals surface area contributed by atoms with Gasteiger partial charge in [-0.3, -0.25) is 0 Å². The Balaban J connectivity index is 2.05. The van der Waals surface area contributed by atoms with Crippen molar-refractivity contribution in [2.45, 2.75) is 10.6 Å². The zero-order valence-corrected chi connectivity index (χ0v) is 15.4. The molecular formula is C20H13ClFNO3S. The van der Waals surface area contributed by atoms with Gasteiger partial charge in [-0.15, -0.1) is 0 Å². The summed E-state index contributed by atoms with van der Waals surface area (Å²) in [6.45, 7) is 0. The maximum Gasteiger partial charge on any atom is 0.186 e. The van der Waals surface area contributed by atoms with Crippen LogP contribution in [0.1, 0.15) is 11.1 Å². The maximum atomic E-state index is 14.3. The normalized spacial score (nSPS) is 11.1. The van der Waals surface area contributed by atoms with E-state index < -0.39 is 32.1 Å². The van der Waals surface area contributed by atoms with Crippen LogP contribution in [0.5, 0.6) is 5.75 Å². The van der Waals surface area contributed by atoms with Crippen molar-refractivity contribution in [3.63, 3.8) is 0 Å². The van der Waals surface area contributed by atoms with Crippen molar-refractivity contribution in [1.29, 1.82) is 5.26 Å². The van der Waals surface area contributed by atoms with E-state index in [1.165, 1.54) is 12.1 Å². The van der Waals surface area contributed by atoms with Crippen molar-refractivity contribution >= 4 is 21.4 Å². The van der Waals surface area contributed by atoms with E-state index >= 15 is 0 Å². The lowest BCUT2D eigenvalue weighted by molar-refractivity contribution is 0.459. The third-order valence-corrected chi connectivity index (χ3v) is 5.95. The summed E-state index contributed by atoms with van der Waals surface area (Å²) in [5.74, 6) is -2.02. The number of sulfone groups is 1. The van der Waals surface area contributed by atoms with Crippen LogP contribution in [0.3, 0.4) is 0 Å². The van der Waals surface area contributed by atoms with Crippen molar-refractivity contribution in [3.8, 4) is 22.9 Å². The van der Waals surface area contributed by atoms with Crippen LogP contribution in [-0.2, 0) is 15.6 Å². The van der Waals surface area contributed by atoms with E-state index in [1.54, 1.807) is 12.1 Å². The van der Waals surface area contributed by atoms with E-state index in [-0.39, 0.29) is 16.1 Å². The first-order valence-electron chi connectivity index (χ1n) is 7.81. The van der Waals surface area contributed by atoms with Crippen molar-refractivity contribution in [3.05, 3.63) is 82.6 Å². The first-order chi connectivity index (χ1) is 12.8. The molecule has 7 heteroatoms. The number of benzene rings is 3. The molecule has 0 fully saturated rings. The zero-order valence-electron chi connectivity index (χ0n) is 13.9. The van der Waals surface area contributed by atoms with Crippen LogP contribution in [0.2, 0.25) is 5.02 Å². The fourth-order valence-electron chi connectivity index (χ4n) is 2.65. The van der Waals surface area contributed by atoms with Gasteiger partial charge < -0.3 is 5.11 Å². The van der Waals surface area contributed by atoms with Crippen molar-refractivity contribution in [2.75, 3.05) is 0 Å². The van der Waals surface area contributed by atoms with Crippen molar-refractivity contribution in [1.82, 2.24) is 0 Å². The summed E-state index contributed by atoms with van der Waals surface area (Å²) in [7, 11) is -4.15. The van der Waals surface area contributed by atoms with Gasteiger partial charge in [-0.25, -0.2) is 12.8 Å². The molecule has 0 aliphatic carbocycles. The zero-order chi connectivity index (χ0) is 19.6. The fraction of sp³-hybridized carbons (Fsp3) is 0.0500. The van der Waals surface area contributed by atoms with Gasteiger partial charge in [0.05, 0.1) is 22.4 Å². The number of phenolic OH excluding ortho intramolecular Hbond substituents is 1. The predicted octanol–water partition coefficient (Wildman–Crippen LogP) is 4.70. The summed E-state index contributed by atoms with van der Waals surface area (Å²) in [5.41, 5.74) is 1.41. The molecule has 0 atom stereocenters. The van der Waals surface area contributed by atoms with Crippen LogP contribution in [-0.4, -0.2) is 13.5 Å². The highest BCUT2D eigenvalue weighted by atomic mass is 35.5. The van der Waals surface area contributed by atoms with Crippen molar-refractivity contribution in [2.24, 2.45) is 0 Å². The second-order valence-corrected chi connectivity index (χ2v) is 8.21. The maximum absolute atomic E-state index is 14.3. The Labute approximate surface area is 161 Å². The summed E-state index contributed by atoms with van der Waals surface area (Å²) in [6.07, 6.45) is 0. The Morgan fingerprint density at radius 3 is 2.41 bits per heavy atom. The van der Waals surface area contributed by atoms with Gasteiger partial charge in [0.1, 0.15) is 10.7 Å². The molecule has 3 aromatic rings. The van der Waals surface area contributed by atoms with Gasteiger partial charge in [0.2, 0.25) is 0 Å². The average molecular weight is 402 g/mol. The van der Waals surface area contributed by atoms with Crippen molar-refractivity contribution < 1.29 is 17.9 Å². The van der Waals surface area contributed by atoms with E-state index in [1.807, 2.05) is 30.3 Å². The molecule has 0 spiro atoms. The lowest BCUT2D eigenvalue weighted by atomic mass is 10.0. The first kappa shape index (κ1) is 18.9. The van der Waals surface area contributed by atoms with Crippen LogP contribution in [0.15, 0.2) is 65.6 Å². The highest BCUT2D eigenvalue weighted by molar-refractivity contribution is 7.90. The Morgan fingerprint density at radius 1 is 1.04 bits per heavy atom. The quantitative estimate of drug-likeness (QED) is 0.687. The molecular weight excluding hydrogens is 389 g/mol. The van der Waals surface area contributed by atoms with E-state index in [9.17, 15) is 17.9 Å². The van der Waals surface area contributed by atoms with Gasteiger partial charge in [0.15, 0.2) is 15.6 Å². The van der Waals surface area contributed by atoms with Crippen LogP contribution in [0.4, 0.5) is 4.39 Å². The monoisotopic (exact) mass is 401 g/mol. The minimum absolute atomic E-state index is 0.0186. The van der Waals surface area contributed by atoms with Crippen LogP contribution >= 0.6 is 11.6 Å². The number of hydrogen-bond acceptors (Lipinski definition) is 4. The summed E-state index contributed by atoms with van der Waals surface area (Å²) in [6, 6.07) is 17.3. The second kappa shape index (κ2) is 7.39. The molecule has 0 aliphatic rings. The molecule has 0 aromatic heterocycles. The topological polar surface area (TPSA) is 78.2 Å². The Bertz CT molecular complexity index is 1160. The Morgan fingerprint density at radius 2 is 1.74 bits per heavy atom. The number of hydrogen-bond donors (Lipinski definition) is 1. The molecule has 4 nitrogen and oxygen atoms in total. The third kappa shape index (κ3) is 3.95. The average Bonchev–Trinajstić information content (AvgIpc) is 2.66. The summed E-state index contributed by atoms with van der Waals surface area (Å²) in [5, 5.41) is 18.8. The SMILES string of the molecule is N#Cc1cc(Cl)c(O)c(S(=O)(=O)Cc2cc(-c3ccccc3)ccc2F)c1. The smallest absolute Gasteiger partial charge is 0.186 e. The Hall–Kier alpha value is -2.88. The van der Waals surface area contributed by atoms with Gasteiger partial charge in [-0.05, 0) is 35.4 Å². The number of rotatable bonds is 4. The molecule has 0 saturated carbocycles. The lowest BCUT2D eigenvalue weighted by Gasteiger charge is -2.11. The van der Waals surface area contributed by atoms with E-state index in [2.05, 4.69) is 0 Å². The Kier molecular flexibility index (Phi) is 5.17. The molecule has 0 heterocycles. The van der Waals surface area contributed by atoms with Crippen LogP contribution in [0.25, 0.3) is 11.1 Å². The minimum Gasteiger partial charge on any atom is -0.505 e. The molecule has 136 valence electrons. The number of halogens is 2. The van der Waals surface area contributed by atoms with Gasteiger partial charge in [0.25, 0.3) is 0 Å². The van der Waals surface area contributed by atoms with Gasteiger partial charge in [-0.2, -0.15) is 5.26 Å². The van der Waals surface area contributed by atoms with E-state index in [0.717, 1.165) is 17.7 Å². The summed E-state index contributed by atoms with van der Waals surface area (Å²) < 4.78 is 39.7. The van der Waals surface area contributed by atoms with E-state index in [0.29, 0.717) is 5.56 Å². The number of phenols is 1. The molecule has 0 unspecified atom stereocenters. The molecule has 0 radical (unpaired) electrons. The summed E-state index contributed by atoms with van der Waals surface area (Å²) >= 11 is 5.80. The molecule has 0 amide bonds. The molecule has 3 rings (SSSR count). The lowest BCUT2D eigenvalue weighted by Crippen LogP contribution is -2.08. The predicted molar refractivity (Wildman–Crippen MR) is 101 cm³/mol. The largest absolute Gasteiger partial charge is 0.505 e. The van der Waals surface area contributed by atoms with Gasteiger partial charge >= 0.3 is 0 Å². The standard InChI is InChI=1S/C20H13ClFNO3S/c21-17-8-13(11-23)9-19(20(17)24)27(25,26)12-16-10-15(6-7-18(16)22)14-4-2-1-3-5-14/h1-10,24H,12H2. The number of nitriles is 1. The highest BCUT2D eigenvalue weighted by Gasteiger charge is 2.24. The fourth-order valence-corrected chi connectivity index (χ4v) is 4.43. The second-order valence-electron chi connectivity index (χ2n) is 5.85. The van der Waals surface area contributed by atoms with E-state index in [4.69, 9.17) is 16.9 Å². The number of aromatic hydroxyl groups is 1. The number of nitrogens with zero attached hydrogens (tertiary/aromatic N) is 1. The van der Waals surface area contributed by atoms with Crippen LogP contribution < -0.4 is 0 Å². The summed E-state index contributed by atoms with van der Waals surface area (Å²) in [4.78, 5) is -0.504. The minimum atomic E-state index is -4.15. The van der Waals surface area contributed by atoms with Gasteiger partial charge in [0, 0.05) is 5.56 Å². The molecule has 0 saturated heterocycles. The molecule has 0 aliphatic heterocycles. The van der Waals surface area contributed by atoms with Gasteiger partial charge in [-0.1, -0.05) is 48.0 Å². The first-order valence-corrected chi connectivity index (χ1v) is 9.84. The van der Waals surface area contributed by atoms with Crippen LogP contribution in [0, 0.1) is 17.1 Å².